The summed E-state index contributed by atoms with van der Waals surface area (Å²) in [5.74, 6) is -0.446. The van der Waals surface area contributed by atoms with E-state index in [1.54, 1.807) is 18.2 Å². The molecule has 5 nitrogen and oxygen atoms in total. The van der Waals surface area contributed by atoms with E-state index in [-0.39, 0.29) is 13.2 Å². The Hall–Kier alpha value is -1.30. The number of halogens is 1. The number of rotatable bonds is 3. The zero-order valence-corrected chi connectivity index (χ0v) is 10.6. The van der Waals surface area contributed by atoms with E-state index < -0.39 is 11.9 Å². The van der Waals surface area contributed by atoms with Crippen LogP contribution in [-0.2, 0) is 16.1 Å². The molecule has 6 heteroatoms. The van der Waals surface area contributed by atoms with Gasteiger partial charge < -0.3 is 20.5 Å². The van der Waals surface area contributed by atoms with Gasteiger partial charge in [-0.2, -0.15) is 0 Å². The summed E-state index contributed by atoms with van der Waals surface area (Å²) in [6, 6.07) is 4.65. The summed E-state index contributed by atoms with van der Waals surface area (Å²) >= 11 is 5.96. The molecule has 0 aliphatic carbocycles. The monoisotopic (exact) mass is 270 g/mol. The molecule has 1 unspecified atom stereocenters. The van der Waals surface area contributed by atoms with E-state index in [4.69, 9.17) is 22.1 Å². The Morgan fingerprint density at radius 1 is 1.61 bits per heavy atom. The second-order valence-corrected chi connectivity index (χ2v) is 4.55. The summed E-state index contributed by atoms with van der Waals surface area (Å²) in [6.07, 6.45) is 0. The molecule has 1 atom stereocenters. The van der Waals surface area contributed by atoms with Crippen LogP contribution >= 0.6 is 11.6 Å². The Morgan fingerprint density at radius 3 is 3.06 bits per heavy atom. The highest BCUT2D eigenvalue weighted by Gasteiger charge is 2.29. The average Bonchev–Trinajstić information content (AvgIpc) is 2.38. The molecule has 1 amide bonds. The van der Waals surface area contributed by atoms with Crippen LogP contribution in [0.2, 0.25) is 5.02 Å². The highest BCUT2D eigenvalue weighted by Crippen LogP contribution is 2.27. The van der Waals surface area contributed by atoms with E-state index in [0.29, 0.717) is 23.7 Å². The Balaban J connectivity index is 2.38. The first kappa shape index (κ1) is 13.1. The molecule has 0 saturated carbocycles. The van der Waals surface area contributed by atoms with Gasteiger partial charge in [0.2, 0.25) is 5.91 Å². The number of amides is 1. The molecule has 1 aromatic carbocycles. The Morgan fingerprint density at radius 2 is 2.39 bits per heavy atom. The van der Waals surface area contributed by atoms with Gasteiger partial charge in [-0.15, -0.1) is 0 Å². The van der Waals surface area contributed by atoms with Crippen LogP contribution in [-0.4, -0.2) is 36.8 Å². The Labute approximate surface area is 110 Å². The summed E-state index contributed by atoms with van der Waals surface area (Å²) in [4.78, 5) is 13.3. The van der Waals surface area contributed by atoms with E-state index in [2.05, 4.69) is 0 Å². The summed E-state index contributed by atoms with van der Waals surface area (Å²) in [5.41, 5.74) is 6.82. The van der Waals surface area contributed by atoms with Crippen LogP contribution in [0.15, 0.2) is 18.2 Å². The van der Waals surface area contributed by atoms with Gasteiger partial charge in [-0.3, -0.25) is 4.79 Å². The van der Waals surface area contributed by atoms with Crippen molar-refractivity contribution >= 4 is 23.2 Å². The molecule has 1 fully saturated rings. The molecule has 1 aliphatic rings. The van der Waals surface area contributed by atoms with E-state index in [1.807, 2.05) is 4.90 Å². The molecule has 1 heterocycles. The topological polar surface area (TPSA) is 75.8 Å². The van der Waals surface area contributed by atoms with Gasteiger partial charge in [0.1, 0.15) is 6.04 Å². The number of ether oxygens (including phenoxy) is 1. The lowest BCUT2D eigenvalue weighted by molar-refractivity contribution is -0.121. The maximum Gasteiger partial charge on any atom is 0.242 e. The van der Waals surface area contributed by atoms with E-state index in [0.717, 1.165) is 5.69 Å². The number of morpholine rings is 1. The summed E-state index contributed by atoms with van der Waals surface area (Å²) in [7, 11) is 0. The van der Waals surface area contributed by atoms with Gasteiger partial charge in [0.05, 0.1) is 19.8 Å². The minimum Gasteiger partial charge on any atom is -0.392 e. The molecule has 0 spiro atoms. The number of benzene rings is 1. The largest absolute Gasteiger partial charge is 0.392 e. The van der Waals surface area contributed by atoms with E-state index in [1.165, 1.54) is 0 Å². The highest BCUT2D eigenvalue weighted by atomic mass is 35.5. The first-order valence-corrected chi connectivity index (χ1v) is 6.04. The molecular weight excluding hydrogens is 256 g/mol. The molecule has 98 valence electrons. The second-order valence-electron chi connectivity index (χ2n) is 4.12. The van der Waals surface area contributed by atoms with Gasteiger partial charge in [-0.1, -0.05) is 17.7 Å². The lowest BCUT2D eigenvalue weighted by Crippen LogP contribution is -2.53. The van der Waals surface area contributed by atoms with Crippen molar-refractivity contribution < 1.29 is 14.6 Å². The Kier molecular flexibility index (Phi) is 4.06. The quantitative estimate of drug-likeness (QED) is 0.840. The third-order valence-electron chi connectivity index (χ3n) is 2.98. The van der Waals surface area contributed by atoms with Crippen molar-refractivity contribution in [2.24, 2.45) is 5.73 Å². The number of nitrogens with zero attached hydrogens (tertiary/aromatic N) is 1. The maximum absolute atomic E-state index is 11.4. The summed E-state index contributed by atoms with van der Waals surface area (Å²) in [6.45, 7) is 1.20. The number of hydrogen-bond acceptors (Lipinski definition) is 4. The van der Waals surface area contributed by atoms with Crippen LogP contribution < -0.4 is 10.6 Å². The van der Waals surface area contributed by atoms with Gasteiger partial charge >= 0.3 is 0 Å². The fourth-order valence-electron chi connectivity index (χ4n) is 2.07. The number of carbonyl (C=O) groups excluding carboxylic acids is 1. The molecule has 1 aromatic rings. The molecule has 0 bridgehead atoms. The number of primary amides is 1. The van der Waals surface area contributed by atoms with Crippen LogP contribution in [0.3, 0.4) is 0 Å². The number of aliphatic hydroxyl groups is 1. The standard InChI is InChI=1S/C12H15ClN2O3/c13-9-2-1-8(6-16)10(5-9)15-3-4-18-7-11(15)12(14)17/h1-2,5,11,16H,3-4,6-7H2,(H2,14,17). The number of hydrogen-bond donors (Lipinski definition) is 2. The van der Waals surface area contributed by atoms with Crippen LogP contribution in [0, 0.1) is 0 Å². The van der Waals surface area contributed by atoms with Crippen LogP contribution in [0.25, 0.3) is 0 Å². The molecule has 1 aliphatic heterocycles. The van der Waals surface area contributed by atoms with Gasteiger partial charge in [0.15, 0.2) is 0 Å². The van der Waals surface area contributed by atoms with Crippen molar-refractivity contribution in [3.63, 3.8) is 0 Å². The summed E-state index contributed by atoms with van der Waals surface area (Å²) in [5, 5.41) is 9.90. The smallest absolute Gasteiger partial charge is 0.242 e. The number of carbonyl (C=O) groups is 1. The minimum absolute atomic E-state index is 0.116. The molecule has 0 radical (unpaired) electrons. The van der Waals surface area contributed by atoms with Gasteiger partial charge in [-0.05, 0) is 12.1 Å². The fourth-order valence-corrected chi connectivity index (χ4v) is 2.23. The molecule has 18 heavy (non-hydrogen) atoms. The Bertz CT molecular complexity index is 453. The second kappa shape index (κ2) is 5.56. The zero-order valence-electron chi connectivity index (χ0n) is 9.80. The predicted molar refractivity (Wildman–Crippen MR) is 68.5 cm³/mol. The lowest BCUT2D eigenvalue weighted by Gasteiger charge is -2.36. The van der Waals surface area contributed by atoms with Crippen LogP contribution in [0.1, 0.15) is 5.56 Å². The molecular formula is C12H15ClN2O3. The minimum atomic E-state index is -0.525. The van der Waals surface area contributed by atoms with Crippen LogP contribution in [0.5, 0.6) is 0 Å². The first-order chi connectivity index (χ1) is 8.63. The van der Waals surface area contributed by atoms with Gasteiger partial charge in [-0.25, -0.2) is 0 Å². The van der Waals surface area contributed by atoms with E-state index >= 15 is 0 Å². The van der Waals surface area contributed by atoms with Crippen LogP contribution in [0.4, 0.5) is 5.69 Å². The zero-order chi connectivity index (χ0) is 13.1. The van der Waals surface area contributed by atoms with Crippen molar-refractivity contribution in [3.05, 3.63) is 28.8 Å². The average molecular weight is 271 g/mol. The normalized spacial score (nSPS) is 19.9. The van der Waals surface area contributed by atoms with Gasteiger partial charge in [0.25, 0.3) is 0 Å². The van der Waals surface area contributed by atoms with Crippen molar-refractivity contribution in [2.45, 2.75) is 12.6 Å². The molecule has 3 N–H and O–H groups in total. The highest BCUT2D eigenvalue weighted by molar-refractivity contribution is 6.30. The van der Waals surface area contributed by atoms with Crippen molar-refractivity contribution in [1.82, 2.24) is 0 Å². The lowest BCUT2D eigenvalue weighted by atomic mass is 10.1. The third-order valence-corrected chi connectivity index (χ3v) is 3.22. The number of anilines is 1. The number of nitrogens with two attached hydrogens (primary N) is 1. The van der Waals surface area contributed by atoms with Crippen molar-refractivity contribution in [2.75, 3.05) is 24.7 Å². The van der Waals surface area contributed by atoms with Gasteiger partial charge in [0, 0.05) is 22.8 Å². The SMILES string of the molecule is NC(=O)C1COCCN1c1cc(Cl)ccc1CO. The summed E-state index contributed by atoms with van der Waals surface area (Å²) < 4.78 is 5.26. The molecule has 0 aromatic heterocycles. The van der Waals surface area contributed by atoms with Crippen molar-refractivity contribution in [3.8, 4) is 0 Å². The molecule has 1 saturated heterocycles. The first-order valence-electron chi connectivity index (χ1n) is 5.66. The third kappa shape index (κ3) is 2.58. The number of aliphatic hydroxyl groups excluding tert-OH is 1. The predicted octanol–water partition coefficient (Wildman–Crippen LogP) is 0.523. The van der Waals surface area contributed by atoms with E-state index in [9.17, 15) is 9.90 Å². The maximum atomic E-state index is 11.4. The fraction of sp³-hybridized carbons (Fsp3) is 0.417. The molecule has 2 rings (SSSR count). The van der Waals surface area contributed by atoms with Crippen molar-refractivity contribution in [1.29, 1.82) is 0 Å².